The van der Waals surface area contributed by atoms with Crippen LogP contribution in [-0.2, 0) is 4.74 Å². The van der Waals surface area contributed by atoms with Crippen molar-refractivity contribution in [1.82, 2.24) is 5.32 Å². The molecule has 0 bridgehead atoms. The lowest BCUT2D eigenvalue weighted by Crippen LogP contribution is -2.38. The van der Waals surface area contributed by atoms with E-state index in [1.54, 1.807) is 0 Å². The van der Waals surface area contributed by atoms with E-state index in [9.17, 15) is 17.6 Å². The molecule has 0 saturated heterocycles. The topological polar surface area (TPSA) is 21.3 Å². The second kappa shape index (κ2) is 8.69. The summed E-state index contributed by atoms with van der Waals surface area (Å²) >= 11 is 0. The van der Waals surface area contributed by atoms with Crippen molar-refractivity contribution in [3.63, 3.8) is 0 Å². The second-order valence-corrected chi connectivity index (χ2v) is 4.86. The Morgan fingerprint density at radius 2 is 1.83 bits per heavy atom. The highest BCUT2D eigenvalue weighted by atomic mass is 19.3. The molecule has 1 atom stereocenters. The van der Waals surface area contributed by atoms with Crippen LogP contribution in [0.15, 0.2) is 0 Å². The number of halogens is 4. The van der Waals surface area contributed by atoms with Gasteiger partial charge in [0, 0.05) is 6.04 Å². The predicted molar refractivity (Wildman–Crippen MR) is 63.3 cm³/mol. The Kier molecular flexibility index (Phi) is 8.52. The lowest BCUT2D eigenvalue weighted by molar-refractivity contribution is -0.167. The Morgan fingerprint density at radius 1 is 1.22 bits per heavy atom. The van der Waals surface area contributed by atoms with Gasteiger partial charge in [0.25, 0.3) is 0 Å². The van der Waals surface area contributed by atoms with Gasteiger partial charge in [0.15, 0.2) is 0 Å². The number of nitrogens with one attached hydrogen (secondary N) is 1. The standard InChI is InChI=1S/C12H23F4NO/c1-4-5-17-10(6-9(2)3)7-18-8-12(15,16)11(13)14/h9-11,17H,4-8H2,1-3H3. The van der Waals surface area contributed by atoms with Gasteiger partial charge in [-0.15, -0.1) is 0 Å². The Hall–Kier alpha value is -0.360. The molecular formula is C12H23F4NO. The van der Waals surface area contributed by atoms with Crippen LogP contribution >= 0.6 is 0 Å². The quantitative estimate of drug-likeness (QED) is 0.617. The maximum atomic E-state index is 12.6. The molecule has 0 saturated carbocycles. The van der Waals surface area contributed by atoms with Crippen LogP contribution in [-0.4, -0.2) is 38.1 Å². The van der Waals surface area contributed by atoms with Gasteiger partial charge < -0.3 is 10.1 Å². The lowest BCUT2D eigenvalue weighted by atomic mass is 10.0. The predicted octanol–water partition coefficient (Wildman–Crippen LogP) is 3.32. The summed E-state index contributed by atoms with van der Waals surface area (Å²) in [5.74, 6) is -3.67. The van der Waals surface area contributed by atoms with Crippen LogP contribution in [0.1, 0.15) is 33.6 Å². The molecule has 110 valence electrons. The maximum absolute atomic E-state index is 12.6. The molecule has 18 heavy (non-hydrogen) atoms. The Morgan fingerprint density at radius 3 is 2.28 bits per heavy atom. The summed E-state index contributed by atoms with van der Waals surface area (Å²) < 4.78 is 53.8. The summed E-state index contributed by atoms with van der Waals surface area (Å²) in [6.07, 6.45) is -1.99. The van der Waals surface area contributed by atoms with E-state index in [0.717, 1.165) is 19.4 Å². The van der Waals surface area contributed by atoms with E-state index in [4.69, 9.17) is 4.74 Å². The van der Waals surface area contributed by atoms with E-state index in [1.807, 2.05) is 20.8 Å². The highest BCUT2D eigenvalue weighted by Crippen LogP contribution is 2.23. The van der Waals surface area contributed by atoms with E-state index in [2.05, 4.69) is 5.32 Å². The van der Waals surface area contributed by atoms with Crippen molar-refractivity contribution >= 4 is 0 Å². The van der Waals surface area contributed by atoms with Crippen LogP contribution in [0.5, 0.6) is 0 Å². The molecule has 0 radical (unpaired) electrons. The normalized spacial score (nSPS) is 14.5. The van der Waals surface area contributed by atoms with E-state index >= 15 is 0 Å². The summed E-state index contributed by atoms with van der Waals surface area (Å²) in [7, 11) is 0. The first-order chi connectivity index (χ1) is 8.29. The van der Waals surface area contributed by atoms with Crippen LogP contribution in [0.2, 0.25) is 0 Å². The van der Waals surface area contributed by atoms with Crippen LogP contribution in [0.4, 0.5) is 17.6 Å². The van der Waals surface area contributed by atoms with Gasteiger partial charge in [-0.3, -0.25) is 0 Å². The highest BCUT2D eigenvalue weighted by Gasteiger charge is 2.41. The minimum Gasteiger partial charge on any atom is -0.373 e. The average Bonchev–Trinajstić information content (AvgIpc) is 2.24. The monoisotopic (exact) mass is 273 g/mol. The first kappa shape index (κ1) is 17.6. The van der Waals surface area contributed by atoms with E-state index < -0.39 is 19.0 Å². The van der Waals surface area contributed by atoms with Crippen LogP contribution in [0, 0.1) is 5.92 Å². The van der Waals surface area contributed by atoms with Crippen molar-refractivity contribution < 1.29 is 22.3 Å². The number of hydrogen-bond donors (Lipinski definition) is 1. The van der Waals surface area contributed by atoms with Gasteiger partial charge in [0.1, 0.15) is 6.61 Å². The van der Waals surface area contributed by atoms with Gasteiger partial charge in [-0.1, -0.05) is 20.8 Å². The number of alkyl halides is 4. The van der Waals surface area contributed by atoms with Crippen LogP contribution in [0.3, 0.4) is 0 Å². The van der Waals surface area contributed by atoms with Crippen molar-refractivity contribution in [3.05, 3.63) is 0 Å². The molecule has 0 spiro atoms. The van der Waals surface area contributed by atoms with Gasteiger partial charge >= 0.3 is 12.3 Å². The fourth-order valence-corrected chi connectivity index (χ4v) is 1.53. The third kappa shape index (κ3) is 7.87. The molecule has 0 amide bonds. The van der Waals surface area contributed by atoms with Gasteiger partial charge in [-0.05, 0) is 25.3 Å². The molecule has 0 heterocycles. The first-order valence-electron chi connectivity index (χ1n) is 6.26. The summed E-state index contributed by atoms with van der Waals surface area (Å²) in [5, 5.41) is 3.16. The molecule has 0 rings (SSSR count). The van der Waals surface area contributed by atoms with Gasteiger partial charge in [-0.2, -0.15) is 8.78 Å². The average molecular weight is 273 g/mol. The SMILES string of the molecule is CCCNC(COCC(F)(F)C(F)F)CC(C)C. The molecule has 0 aromatic rings. The van der Waals surface area contributed by atoms with Gasteiger partial charge in [-0.25, -0.2) is 8.78 Å². The zero-order valence-electron chi connectivity index (χ0n) is 11.2. The van der Waals surface area contributed by atoms with Gasteiger partial charge in [0.05, 0.1) is 6.61 Å². The molecule has 0 aliphatic heterocycles. The summed E-state index contributed by atoms with van der Waals surface area (Å²) in [6, 6.07) is -0.0709. The minimum atomic E-state index is -4.06. The summed E-state index contributed by atoms with van der Waals surface area (Å²) in [6.45, 7) is 5.56. The summed E-state index contributed by atoms with van der Waals surface area (Å²) in [4.78, 5) is 0. The van der Waals surface area contributed by atoms with Crippen LogP contribution in [0.25, 0.3) is 0 Å². The Balaban J connectivity index is 4.02. The number of ether oxygens (including phenoxy) is 1. The van der Waals surface area contributed by atoms with Gasteiger partial charge in [0.2, 0.25) is 0 Å². The molecule has 2 nitrogen and oxygen atoms in total. The fourth-order valence-electron chi connectivity index (χ4n) is 1.53. The molecule has 0 aliphatic rings. The smallest absolute Gasteiger partial charge is 0.330 e. The fraction of sp³-hybridized carbons (Fsp3) is 1.00. The van der Waals surface area contributed by atoms with Crippen molar-refractivity contribution in [1.29, 1.82) is 0 Å². The van der Waals surface area contributed by atoms with Crippen molar-refractivity contribution in [2.75, 3.05) is 19.8 Å². The Bertz CT molecular complexity index is 212. The molecular weight excluding hydrogens is 250 g/mol. The molecule has 0 aliphatic carbocycles. The zero-order valence-corrected chi connectivity index (χ0v) is 11.2. The molecule has 0 aromatic heterocycles. The highest BCUT2D eigenvalue weighted by molar-refractivity contribution is 4.71. The first-order valence-corrected chi connectivity index (χ1v) is 6.26. The minimum absolute atomic E-state index is 0.0283. The molecule has 0 fully saturated rings. The van der Waals surface area contributed by atoms with E-state index in [0.29, 0.717) is 5.92 Å². The van der Waals surface area contributed by atoms with Crippen molar-refractivity contribution in [2.45, 2.75) is 52.0 Å². The van der Waals surface area contributed by atoms with Crippen molar-refractivity contribution in [2.24, 2.45) is 5.92 Å². The number of rotatable bonds is 10. The van der Waals surface area contributed by atoms with Crippen molar-refractivity contribution in [3.8, 4) is 0 Å². The third-order valence-corrected chi connectivity index (χ3v) is 2.37. The number of hydrogen-bond acceptors (Lipinski definition) is 2. The molecule has 6 heteroatoms. The molecule has 1 unspecified atom stereocenters. The van der Waals surface area contributed by atoms with Crippen LogP contribution < -0.4 is 5.32 Å². The molecule has 0 aromatic carbocycles. The third-order valence-electron chi connectivity index (χ3n) is 2.37. The Labute approximate surface area is 106 Å². The van der Waals surface area contributed by atoms with E-state index in [-0.39, 0.29) is 12.6 Å². The second-order valence-electron chi connectivity index (χ2n) is 4.86. The largest absolute Gasteiger partial charge is 0.373 e. The lowest BCUT2D eigenvalue weighted by Gasteiger charge is -2.22. The zero-order chi connectivity index (χ0) is 14.2. The van der Waals surface area contributed by atoms with E-state index in [1.165, 1.54) is 0 Å². The maximum Gasteiger partial charge on any atom is 0.330 e. The molecule has 1 N–H and O–H groups in total. The summed E-state index contributed by atoms with van der Waals surface area (Å²) in [5.41, 5.74) is 0.